The minimum Gasteiger partial charge on any atom is -0.327 e. The Morgan fingerprint density at radius 2 is 2.38 bits per heavy atom. The summed E-state index contributed by atoms with van der Waals surface area (Å²) in [5.41, 5.74) is 0. The zero-order valence-corrected chi connectivity index (χ0v) is 9.15. The van der Waals surface area contributed by atoms with Crippen molar-refractivity contribution in [1.29, 1.82) is 0 Å². The highest BCUT2D eigenvalue weighted by Gasteiger charge is 2.13. The van der Waals surface area contributed by atoms with E-state index >= 15 is 0 Å². The third-order valence-electron chi connectivity index (χ3n) is 1.73. The number of rotatable bonds is 4. The predicted molar refractivity (Wildman–Crippen MR) is 57.8 cm³/mol. The number of urea groups is 1. The number of terminal acetylenes is 1. The fourth-order valence-corrected chi connectivity index (χ4v) is 1.51. The molecule has 2 amide bonds. The molecule has 0 aliphatic carbocycles. The van der Waals surface area contributed by atoms with Crippen LogP contribution in [0.1, 0.15) is 6.92 Å². The first-order valence-corrected chi connectivity index (χ1v) is 5.46. The third-order valence-corrected chi connectivity index (χ3v) is 2.55. The van der Waals surface area contributed by atoms with Crippen molar-refractivity contribution in [3.63, 3.8) is 0 Å². The smallest absolute Gasteiger partial charge is 0.318 e. The van der Waals surface area contributed by atoms with E-state index in [0.29, 0.717) is 0 Å². The third kappa shape index (κ3) is 4.69. The van der Waals surface area contributed by atoms with Crippen molar-refractivity contribution < 1.29 is 4.79 Å². The number of thioether (sulfide) groups is 1. The van der Waals surface area contributed by atoms with Gasteiger partial charge in [-0.1, -0.05) is 5.92 Å². The first-order chi connectivity index (χ1) is 6.13. The van der Waals surface area contributed by atoms with Crippen molar-refractivity contribution in [2.45, 2.75) is 13.0 Å². The van der Waals surface area contributed by atoms with Crippen molar-refractivity contribution in [3.8, 4) is 12.3 Å². The molecule has 0 spiro atoms. The second-order valence-electron chi connectivity index (χ2n) is 2.78. The van der Waals surface area contributed by atoms with E-state index in [0.717, 1.165) is 5.75 Å². The lowest BCUT2D eigenvalue weighted by molar-refractivity contribution is 0.200. The van der Waals surface area contributed by atoms with Crippen LogP contribution in [0.5, 0.6) is 0 Å². The van der Waals surface area contributed by atoms with Crippen LogP contribution < -0.4 is 5.32 Å². The van der Waals surface area contributed by atoms with E-state index in [2.05, 4.69) is 11.2 Å². The van der Waals surface area contributed by atoms with Crippen LogP contribution in [0, 0.1) is 12.3 Å². The molecule has 0 aliphatic heterocycles. The number of nitrogens with one attached hydrogen (secondary N) is 1. The summed E-state index contributed by atoms with van der Waals surface area (Å²) in [5, 5.41) is 2.61. The van der Waals surface area contributed by atoms with Crippen molar-refractivity contribution in [1.82, 2.24) is 10.2 Å². The summed E-state index contributed by atoms with van der Waals surface area (Å²) in [6.07, 6.45) is 7.04. The van der Waals surface area contributed by atoms with Gasteiger partial charge in [0.2, 0.25) is 0 Å². The number of carbonyl (C=O) groups is 1. The Kier molecular flexibility index (Phi) is 6.25. The van der Waals surface area contributed by atoms with Crippen LogP contribution in [0.3, 0.4) is 0 Å². The van der Waals surface area contributed by atoms with Crippen molar-refractivity contribution in [3.05, 3.63) is 0 Å². The van der Waals surface area contributed by atoms with Crippen molar-refractivity contribution in [2.24, 2.45) is 0 Å². The summed E-state index contributed by atoms with van der Waals surface area (Å²) in [6.45, 7) is 2.29. The maximum absolute atomic E-state index is 11.3. The molecule has 0 heterocycles. The molecule has 0 aromatic carbocycles. The Balaban J connectivity index is 3.87. The van der Waals surface area contributed by atoms with Crippen molar-refractivity contribution in [2.75, 3.05) is 25.6 Å². The van der Waals surface area contributed by atoms with E-state index in [4.69, 9.17) is 6.42 Å². The summed E-state index contributed by atoms with van der Waals surface area (Å²) in [4.78, 5) is 13.0. The van der Waals surface area contributed by atoms with Gasteiger partial charge in [-0.25, -0.2) is 4.79 Å². The monoisotopic (exact) mass is 200 g/mol. The summed E-state index contributed by atoms with van der Waals surface area (Å²) >= 11 is 1.72. The average Bonchev–Trinajstić information content (AvgIpc) is 2.13. The number of amides is 2. The van der Waals surface area contributed by atoms with Crippen LogP contribution in [-0.2, 0) is 0 Å². The van der Waals surface area contributed by atoms with Crippen LogP contribution in [0.4, 0.5) is 4.79 Å². The minimum atomic E-state index is -0.112. The lowest BCUT2D eigenvalue weighted by Gasteiger charge is -2.24. The Labute approximate surface area is 84.3 Å². The molecule has 1 N–H and O–H groups in total. The van der Waals surface area contributed by atoms with E-state index < -0.39 is 0 Å². The second-order valence-corrected chi connectivity index (χ2v) is 3.69. The summed E-state index contributed by atoms with van der Waals surface area (Å²) in [5.74, 6) is 3.29. The number of carbonyl (C=O) groups excluding carboxylic acids is 1. The van der Waals surface area contributed by atoms with Gasteiger partial charge in [-0.05, 0) is 13.2 Å². The SMILES string of the molecule is C#CCNC(=O)N(C)[C@H](C)CSC. The molecule has 74 valence electrons. The van der Waals surface area contributed by atoms with Crippen LogP contribution in [0.15, 0.2) is 0 Å². The molecule has 0 saturated heterocycles. The zero-order chi connectivity index (χ0) is 10.3. The van der Waals surface area contributed by atoms with E-state index in [1.165, 1.54) is 0 Å². The van der Waals surface area contributed by atoms with Gasteiger partial charge in [-0.2, -0.15) is 11.8 Å². The predicted octanol–water partition coefficient (Wildman–Crippen LogP) is 1.01. The van der Waals surface area contributed by atoms with E-state index in [9.17, 15) is 4.79 Å². The van der Waals surface area contributed by atoms with Crippen LogP contribution in [0.2, 0.25) is 0 Å². The standard InChI is InChI=1S/C9H16N2OS/c1-5-6-10-9(12)11(3)8(2)7-13-4/h1,8H,6-7H2,2-4H3,(H,10,12)/t8-/m1/s1. The summed E-state index contributed by atoms with van der Waals surface area (Å²) < 4.78 is 0. The summed E-state index contributed by atoms with van der Waals surface area (Å²) in [6, 6.07) is 0.118. The first kappa shape index (κ1) is 12.2. The Morgan fingerprint density at radius 3 is 2.85 bits per heavy atom. The molecule has 0 unspecified atom stereocenters. The highest BCUT2D eigenvalue weighted by atomic mass is 32.2. The first-order valence-electron chi connectivity index (χ1n) is 4.06. The topological polar surface area (TPSA) is 32.3 Å². The molecule has 0 aromatic heterocycles. The number of hydrogen-bond acceptors (Lipinski definition) is 2. The molecule has 0 fully saturated rings. The highest BCUT2D eigenvalue weighted by molar-refractivity contribution is 7.98. The average molecular weight is 200 g/mol. The quantitative estimate of drug-likeness (QED) is 0.687. The van der Waals surface area contributed by atoms with Crippen LogP contribution >= 0.6 is 11.8 Å². The van der Waals surface area contributed by atoms with Gasteiger partial charge in [0, 0.05) is 18.8 Å². The Bertz CT molecular complexity index is 200. The van der Waals surface area contributed by atoms with Gasteiger partial charge >= 0.3 is 6.03 Å². The minimum absolute atomic E-state index is 0.112. The largest absolute Gasteiger partial charge is 0.327 e. The molecule has 3 nitrogen and oxygen atoms in total. The molecular weight excluding hydrogens is 184 g/mol. The van der Waals surface area contributed by atoms with Gasteiger partial charge in [-0.3, -0.25) is 0 Å². The zero-order valence-electron chi connectivity index (χ0n) is 8.33. The van der Waals surface area contributed by atoms with E-state index in [1.807, 2.05) is 13.2 Å². The Morgan fingerprint density at radius 1 is 1.77 bits per heavy atom. The fourth-order valence-electron chi connectivity index (χ4n) is 0.805. The molecule has 0 aromatic rings. The van der Waals surface area contributed by atoms with Gasteiger partial charge in [0.1, 0.15) is 0 Å². The van der Waals surface area contributed by atoms with E-state index in [1.54, 1.807) is 23.7 Å². The fraction of sp³-hybridized carbons (Fsp3) is 0.667. The summed E-state index contributed by atoms with van der Waals surface area (Å²) in [7, 11) is 1.77. The lowest BCUT2D eigenvalue weighted by atomic mass is 10.3. The molecule has 0 saturated carbocycles. The van der Waals surface area contributed by atoms with E-state index in [-0.39, 0.29) is 18.6 Å². The molecule has 0 radical (unpaired) electrons. The molecule has 0 aliphatic rings. The molecule has 13 heavy (non-hydrogen) atoms. The Hall–Kier alpha value is -0.820. The van der Waals surface area contributed by atoms with Crippen molar-refractivity contribution >= 4 is 17.8 Å². The molecule has 0 bridgehead atoms. The number of nitrogens with zero attached hydrogens (tertiary/aromatic N) is 1. The molecule has 4 heteroatoms. The van der Waals surface area contributed by atoms with Gasteiger partial charge in [0.05, 0.1) is 6.54 Å². The second kappa shape index (κ2) is 6.67. The molecular formula is C9H16N2OS. The van der Waals surface area contributed by atoms with Gasteiger partial charge in [0.25, 0.3) is 0 Å². The normalized spacial score (nSPS) is 11.5. The highest BCUT2D eigenvalue weighted by Crippen LogP contribution is 2.03. The van der Waals surface area contributed by atoms with Gasteiger partial charge in [0.15, 0.2) is 0 Å². The lowest BCUT2D eigenvalue weighted by Crippen LogP contribution is -2.43. The molecule has 1 atom stereocenters. The van der Waals surface area contributed by atoms with Gasteiger partial charge in [-0.15, -0.1) is 6.42 Å². The maximum Gasteiger partial charge on any atom is 0.318 e. The molecule has 0 rings (SSSR count). The van der Waals surface area contributed by atoms with Crippen LogP contribution in [0.25, 0.3) is 0 Å². The number of hydrogen-bond donors (Lipinski definition) is 1. The van der Waals surface area contributed by atoms with Crippen LogP contribution in [-0.4, -0.2) is 42.6 Å². The van der Waals surface area contributed by atoms with Gasteiger partial charge < -0.3 is 10.2 Å². The maximum atomic E-state index is 11.3.